The van der Waals surface area contributed by atoms with Gasteiger partial charge in [-0.3, -0.25) is 14.3 Å². The van der Waals surface area contributed by atoms with Gasteiger partial charge < -0.3 is 15.4 Å². The number of hydrogen-bond acceptors (Lipinski definition) is 5. The van der Waals surface area contributed by atoms with Crippen LogP contribution >= 0.6 is 35.3 Å². The maximum absolute atomic E-state index is 5.48. The molecule has 1 aliphatic heterocycles. The van der Waals surface area contributed by atoms with Crippen LogP contribution in [0, 0.1) is 5.92 Å². The van der Waals surface area contributed by atoms with E-state index in [1.807, 2.05) is 16.0 Å². The minimum atomic E-state index is 0. The summed E-state index contributed by atoms with van der Waals surface area (Å²) in [7, 11) is 1.81. The Morgan fingerprint density at radius 3 is 2.77 bits per heavy atom. The van der Waals surface area contributed by atoms with Crippen LogP contribution in [0.2, 0.25) is 0 Å². The van der Waals surface area contributed by atoms with E-state index in [1.54, 1.807) is 18.4 Å². The molecule has 9 heteroatoms. The quantitative estimate of drug-likeness (QED) is 0.367. The van der Waals surface area contributed by atoms with E-state index in [0.717, 1.165) is 49.5 Å². The smallest absolute Gasteiger partial charge is 0.193 e. The Morgan fingerprint density at radius 1 is 1.35 bits per heavy atom. The third kappa shape index (κ3) is 5.54. The molecule has 1 unspecified atom stereocenters. The highest BCUT2D eigenvalue weighted by Gasteiger charge is 2.23. The lowest BCUT2D eigenvalue weighted by atomic mass is 10.0. The van der Waals surface area contributed by atoms with Gasteiger partial charge in [-0.25, -0.2) is 4.98 Å². The number of rotatable bonds is 6. The minimum Gasteiger partial charge on any atom is -0.379 e. The zero-order valence-corrected chi connectivity index (χ0v) is 18.8. The summed E-state index contributed by atoms with van der Waals surface area (Å²) in [5.41, 5.74) is 1.02. The van der Waals surface area contributed by atoms with Crippen molar-refractivity contribution in [1.82, 2.24) is 24.9 Å². The number of fused-ring (bicyclic) bond motifs is 1. The SMILES string of the molecule is CN=C(NCc1cn2ccsc2n1)NCC(C(C)C)N1CCOCC1.I. The van der Waals surface area contributed by atoms with Gasteiger partial charge in [0.25, 0.3) is 0 Å². The number of aliphatic imine (C=N–C) groups is 1. The van der Waals surface area contributed by atoms with Gasteiger partial charge in [0, 0.05) is 50.5 Å². The summed E-state index contributed by atoms with van der Waals surface area (Å²) in [5.74, 6) is 1.39. The number of morpholine rings is 1. The maximum Gasteiger partial charge on any atom is 0.193 e. The number of halogens is 1. The summed E-state index contributed by atoms with van der Waals surface area (Å²) < 4.78 is 7.52. The van der Waals surface area contributed by atoms with Crippen LogP contribution in [0.15, 0.2) is 22.8 Å². The molecule has 1 saturated heterocycles. The van der Waals surface area contributed by atoms with Crippen molar-refractivity contribution < 1.29 is 4.74 Å². The van der Waals surface area contributed by atoms with E-state index in [0.29, 0.717) is 18.5 Å². The van der Waals surface area contributed by atoms with Crippen LogP contribution in [0.25, 0.3) is 4.96 Å². The summed E-state index contributed by atoms with van der Waals surface area (Å²) in [4.78, 5) is 12.5. The topological polar surface area (TPSA) is 66.2 Å². The van der Waals surface area contributed by atoms with Gasteiger partial charge in [-0.1, -0.05) is 13.8 Å². The van der Waals surface area contributed by atoms with E-state index in [1.165, 1.54) is 0 Å². The molecule has 2 aromatic heterocycles. The number of nitrogens with zero attached hydrogens (tertiary/aromatic N) is 4. The van der Waals surface area contributed by atoms with E-state index >= 15 is 0 Å². The average Bonchev–Trinajstić information content (AvgIpc) is 3.20. The van der Waals surface area contributed by atoms with Gasteiger partial charge in [0.1, 0.15) is 0 Å². The predicted octanol–water partition coefficient (Wildman–Crippen LogP) is 2.04. The van der Waals surface area contributed by atoms with Crippen molar-refractivity contribution in [3.63, 3.8) is 0 Å². The summed E-state index contributed by atoms with van der Waals surface area (Å²) in [6.45, 7) is 9.74. The molecule has 0 spiro atoms. The number of imidazole rings is 1. The second-order valence-corrected chi connectivity index (χ2v) is 7.46. The molecule has 146 valence electrons. The second-order valence-electron chi connectivity index (χ2n) is 6.59. The summed E-state index contributed by atoms with van der Waals surface area (Å²) >= 11 is 1.64. The Morgan fingerprint density at radius 2 is 2.12 bits per heavy atom. The van der Waals surface area contributed by atoms with Crippen LogP contribution < -0.4 is 10.6 Å². The lowest BCUT2D eigenvalue weighted by Crippen LogP contribution is -2.52. The fourth-order valence-corrected chi connectivity index (χ4v) is 3.87. The molecule has 7 nitrogen and oxygen atoms in total. The third-order valence-electron chi connectivity index (χ3n) is 4.57. The normalized spacial score (nSPS) is 17.3. The number of hydrogen-bond donors (Lipinski definition) is 2. The van der Waals surface area contributed by atoms with Crippen molar-refractivity contribution in [1.29, 1.82) is 0 Å². The molecule has 1 atom stereocenters. The molecule has 0 aliphatic carbocycles. The third-order valence-corrected chi connectivity index (χ3v) is 5.34. The second kappa shape index (κ2) is 10.4. The fourth-order valence-electron chi connectivity index (χ4n) is 3.15. The molecular formula is C17H29IN6OS. The summed E-state index contributed by atoms with van der Waals surface area (Å²) in [6, 6.07) is 0.473. The first-order valence-corrected chi connectivity index (χ1v) is 9.72. The minimum absolute atomic E-state index is 0. The Hall–Kier alpha value is -0.910. The van der Waals surface area contributed by atoms with Crippen molar-refractivity contribution in [3.8, 4) is 0 Å². The highest BCUT2D eigenvalue weighted by Crippen LogP contribution is 2.13. The number of nitrogens with one attached hydrogen (secondary N) is 2. The molecule has 0 bridgehead atoms. The van der Waals surface area contributed by atoms with E-state index in [2.05, 4.69) is 45.6 Å². The summed E-state index contributed by atoms with van der Waals surface area (Å²) in [5, 5.41) is 8.87. The first-order chi connectivity index (χ1) is 12.2. The largest absolute Gasteiger partial charge is 0.379 e. The molecule has 1 aliphatic rings. The highest BCUT2D eigenvalue weighted by molar-refractivity contribution is 14.0. The van der Waals surface area contributed by atoms with E-state index in [9.17, 15) is 0 Å². The number of ether oxygens (including phenoxy) is 1. The zero-order chi connectivity index (χ0) is 17.6. The first kappa shape index (κ1) is 21.4. The van der Waals surface area contributed by atoms with Crippen LogP contribution in [0.3, 0.4) is 0 Å². The molecular weight excluding hydrogens is 463 g/mol. The molecule has 26 heavy (non-hydrogen) atoms. The lowest BCUT2D eigenvalue weighted by Gasteiger charge is -2.37. The van der Waals surface area contributed by atoms with Gasteiger partial charge >= 0.3 is 0 Å². The molecule has 0 radical (unpaired) electrons. The molecule has 0 aromatic carbocycles. The average molecular weight is 492 g/mol. The number of aromatic nitrogens is 2. The molecule has 2 aromatic rings. The Kier molecular flexibility index (Phi) is 8.58. The van der Waals surface area contributed by atoms with Gasteiger partial charge in [0.15, 0.2) is 10.9 Å². The Bertz CT molecular complexity index is 666. The Labute approximate surface area is 176 Å². The summed E-state index contributed by atoms with van der Waals surface area (Å²) in [6.07, 6.45) is 4.08. The molecule has 3 rings (SSSR count). The van der Waals surface area contributed by atoms with Crippen molar-refractivity contribution in [2.24, 2.45) is 10.9 Å². The molecule has 2 N–H and O–H groups in total. The van der Waals surface area contributed by atoms with Gasteiger partial charge in [-0.2, -0.15) is 0 Å². The molecule has 1 fully saturated rings. The van der Waals surface area contributed by atoms with E-state index in [4.69, 9.17) is 4.74 Å². The van der Waals surface area contributed by atoms with Crippen LogP contribution in [-0.4, -0.2) is 66.2 Å². The van der Waals surface area contributed by atoms with Gasteiger partial charge in [-0.15, -0.1) is 35.3 Å². The van der Waals surface area contributed by atoms with Gasteiger partial charge in [0.05, 0.1) is 25.5 Å². The van der Waals surface area contributed by atoms with Crippen LogP contribution in [0.4, 0.5) is 0 Å². The van der Waals surface area contributed by atoms with E-state index in [-0.39, 0.29) is 24.0 Å². The van der Waals surface area contributed by atoms with Crippen LogP contribution in [0.5, 0.6) is 0 Å². The molecule has 3 heterocycles. The van der Waals surface area contributed by atoms with Crippen LogP contribution in [-0.2, 0) is 11.3 Å². The van der Waals surface area contributed by atoms with Gasteiger partial charge in [0.2, 0.25) is 0 Å². The van der Waals surface area contributed by atoms with Crippen molar-refractivity contribution >= 4 is 46.2 Å². The highest BCUT2D eigenvalue weighted by atomic mass is 127. The first-order valence-electron chi connectivity index (χ1n) is 8.84. The van der Waals surface area contributed by atoms with Crippen molar-refractivity contribution in [3.05, 3.63) is 23.5 Å². The van der Waals surface area contributed by atoms with Crippen LogP contribution in [0.1, 0.15) is 19.5 Å². The van der Waals surface area contributed by atoms with Gasteiger partial charge in [-0.05, 0) is 5.92 Å². The number of thiazole rings is 1. The molecule has 0 amide bonds. The van der Waals surface area contributed by atoms with E-state index < -0.39 is 0 Å². The number of guanidine groups is 1. The molecule has 0 saturated carbocycles. The standard InChI is InChI=1S/C17H28N6OS.HI/c1-13(2)15(22-4-7-24-8-5-22)11-20-16(18-3)19-10-14-12-23-6-9-25-17(23)21-14;/h6,9,12-13,15H,4-5,7-8,10-11H2,1-3H3,(H2,18,19,20);1H. The van der Waals surface area contributed by atoms with Crippen molar-refractivity contribution in [2.45, 2.75) is 26.4 Å². The maximum atomic E-state index is 5.48. The Balaban J connectivity index is 0.00000243. The lowest BCUT2D eigenvalue weighted by molar-refractivity contribution is 0.00752. The predicted molar refractivity (Wildman–Crippen MR) is 118 cm³/mol. The fraction of sp³-hybridized carbons (Fsp3) is 0.647. The monoisotopic (exact) mass is 492 g/mol. The zero-order valence-electron chi connectivity index (χ0n) is 15.6. The van der Waals surface area contributed by atoms with Crippen molar-refractivity contribution in [2.75, 3.05) is 39.9 Å².